The minimum Gasteiger partial charge on any atom is -0.481 e. The van der Waals surface area contributed by atoms with Crippen LogP contribution in [0.3, 0.4) is 0 Å². The molecule has 0 bridgehead atoms. The van der Waals surface area contributed by atoms with E-state index in [-0.39, 0.29) is 28.9 Å². The highest BCUT2D eigenvalue weighted by Crippen LogP contribution is 2.62. The molecule has 3 aromatic rings. The van der Waals surface area contributed by atoms with Crippen LogP contribution in [-0.2, 0) is 11.3 Å². The molecule has 5 rings (SSSR count). The molecule has 0 radical (unpaired) electrons. The monoisotopic (exact) mass is 566 g/mol. The molecule has 1 spiro atoms. The molecule has 0 atom stereocenters. The Morgan fingerprint density at radius 2 is 1.97 bits per heavy atom. The maximum Gasteiger partial charge on any atom is 0.306 e. The van der Waals surface area contributed by atoms with Gasteiger partial charge in [-0.3, -0.25) is 14.3 Å². The summed E-state index contributed by atoms with van der Waals surface area (Å²) in [5, 5.41) is 14.8. The first-order valence-corrected chi connectivity index (χ1v) is 12.0. The maximum absolute atomic E-state index is 14.0. The standard InChI is InChI=1S/C24H21ClFIN2O3/c25-18-3-2-16(21(30)6-14-7-24(8-14)9-15(10-24)23(31)32)22-17(18)11-28-29(22)12-13-1-4-20(27)19(26)5-13/h1-5,11,14-15H,6-10,12H2,(H,31,32). The molecule has 1 N–H and O–H groups in total. The van der Waals surface area contributed by atoms with Gasteiger partial charge in [0, 0.05) is 20.9 Å². The number of aliphatic carboxylic acids is 1. The molecule has 1 heterocycles. The predicted octanol–water partition coefficient (Wildman–Crippen LogP) is 5.95. The molecule has 2 aliphatic rings. The lowest BCUT2D eigenvalue weighted by Gasteiger charge is -2.56. The zero-order chi connectivity index (χ0) is 22.6. The van der Waals surface area contributed by atoms with E-state index in [1.165, 1.54) is 6.07 Å². The van der Waals surface area contributed by atoms with Crippen LogP contribution in [-0.4, -0.2) is 26.6 Å². The number of halogens is 3. The van der Waals surface area contributed by atoms with Crippen LogP contribution in [0, 0.1) is 26.6 Å². The van der Waals surface area contributed by atoms with Gasteiger partial charge in [-0.25, -0.2) is 4.39 Å². The first kappa shape index (κ1) is 21.8. The highest BCUT2D eigenvalue weighted by molar-refractivity contribution is 14.1. The number of Topliss-reactive ketones (excluding diaryl/α,β-unsaturated/α-hetero) is 1. The smallest absolute Gasteiger partial charge is 0.306 e. The van der Waals surface area contributed by atoms with Gasteiger partial charge in [-0.15, -0.1) is 0 Å². The average Bonchev–Trinajstić information content (AvgIpc) is 3.10. The Morgan fingerprint density at radius 1 is 1.22 bits per heavy atom. The number of nitrogens with zero attached hydrogens (tertiary/aromatic N) is 2. The van der Waals surface area contributed by atoms with Crippen molar-refractivity contribution in [2.75, 3.05) is 0 Å². The van der Waals surface area contributed by atoms with Crippen molar-refractivity contribution in [3.05, 3.63) is 62.1 Å². The lowest BCUT2D eigenvalue weighted by molar-refractivity contribution is -0.157. The van der Waals surface area contributed by atoms with Crippen LogP contribution in [0.5, 0.6) is 0 Å². The van der Waals surface area contributed by atoms with Gasteiger partial charge in [-0.2, -0.15) is 5.10 Å². The Bertz CT molecular complexity index is 1240. The molecule has 0 saturated heterocycles. The minimum atomic E-state index is -0.708. The van der Waals surface area contributed by atoms with Gasteiger partial charge in [0.15, 0.2) is 5.78 Å². The summed E-state index contributed by atoms with van der Waals surface area (Å²) in [7, 11) is 0. The second-order valence-electron chi connectivity index (χ2n) is 9.25. The number of carbonyl (C=O) groups is 2. The Hall–Kier alpha value is -2.00. The quantitative estimate of drug-likeness (QED) is 0.296. The van der Waals surface area contributed by atoms with Gasteiger partial charge in [0.1, 0.15) is 5.82 Å². The third-order valence-electron chi connectivity index (χ3n) is 6.99. The van der Waals surface area contributed by atoms with Gasteiger partial charge in [0.05, 0.1) is 29.2 Å². The molecule has 8 heteroatoms. The summed E-state index contributed by atoms with van der Waals surface area (Å²) in [6.45, 7) is 0.334. The molecule has 0 amide bonds. The van der Waals surface area contributed by atoms with E-state index in [1.54, 1.807) is 29.1 Å². The van der Waals surface area contributed by atoms with Crippen molar-refractivity contribution in [3.8, 4) is 0 Å². The Morgan fingerprint density at radius 3 is 2.66 bits per heavy atom. The third-order valence-corrected chi connectivity index (χ3v) is 8.19. The summed E-state index contributed by atoms with van der Waals surface area (Å²) in [4.78, 5) is 24.3. The first-order valence-electron chi connectivity index (χ1n) is 10.6. The molecular formula is C24H21ClFIN2O3. The van der Waals surface area contributed by atoms with Crippen LogP contribution in [0.1, 0.15) is 48.0 Å². The largest absolute Gasteiger partial charge is 0.481 e. The van der Waals surface area contributed by atoms with Crippen molar-refractivity contribution in [2.45, 2.75) is 38.6 Å². The molecule has 166 valence electrons. The van der Waals surface area contributed by atoms with Crippen LogP contribution >= 0.6 is 34.2 Å². The van der Waals surface area contributed by atoms with Crippen molar-refractivity contribution in [2.24, 2.45) is 17.3 Å². The van der Waals surface area contributed by atoms with Gasteiger partial charge >= 0.3 is 5.97 Å². The number of benzene rings is 2. The molecule has 0 aliphatic heterocycles. The molecule has 1 aromatic heterocycles. The van der Waals surface area contributed by atoms with Crippen molar-refractivity contribution in [1.29, 1.82) is 0 Å². The van der Waals surface area contributed by atoms with E-state index in [0.29, 0.717) is 38.0 Å². The summed E-state index contributed by atoms with van der Waals surface area (Å²) >= 11 is 8.32. The Balaban J connectivity index is 1.35. The molecule has 2 saturated carbocycles. The fourth-order valence-electron chi connectivity index (χ4n) is 5.50. The highest BCUT2D eigenvalue weighted by atomic mass is 127. The highest BCUT2D eigenvalue weighted by Gasteiger charge is 2.54. The number of fused-ring (bicyclic) bond motifs is 1. The fraction of sp³-hybridized carbons (Fsp3) is 0.375. The van der Waals surface area contributed by atoms with Crippen LogP contribution in [0.15, 0.2) is 36.5 Å². The average molecular weight is 567 g/mol. The van der Waals surface area contributed by atoms with Gasteiger partial charge in [0.2, 0.25) is 0 Å². The van der Waals surface area contributed by atoms with E-state index < -0.39 is 5.97 Å². The summed E-state index contributed by atoms with van der Waals surface area (Å²) in [6, 6.07) is 8.52. The van der Waals surface area contributed by atoms with E-state index >= 15 is 0 Å². The van der Waals surface area contributed by atoms with E-state index in [9.17, 15) is 14.0 Å². The topological polar surface area (TPSA) is 72.2 Å². The predicted molar refractivity (Wildman–Crippen MR) is 127 cm³/mol. The second kappa shape index (κ2) is 8.09. The number of carboxylic acid groups (broad SMARTS) is 1. The van der Waals surface area contributed by atoms with Crippen LogP contribution in [0.25, 0.3) is 10.9 Å². The maximum atomic E-state index is 14.0. The van der Waals surface area contributed by atoms with Gasteiger partial charge < -0.3 is 5.11 Å². The molecule has 2 aromatic carbocycles. The number of carboxylic acids is 1. The summed E-state index contributed by atoms with van der Waals surface area (Å²) in [5.41, 5.74) is 2.14. The lowest BCUT2D eigenvalue weighted by Crippen LogP contribution is -2.50. The number of hydrogen-bond donors (Lipinski definition) is 1. The van der Waals surface area contributed by atoms with E-state index in [1.807, 2.05) is 28.7 Å². The van der Waals surface area contributed by atoms with Gasteiger partial charge in [-0.05, 0) is 89.4 Å². The van der Waals surface area contributed by atoms with Crippen LogP contribution < -0.4 is 0 Å². The fourth-order valence-corrected chi connectivity index (χ4v) is 6.04. The summed E-state index contributed by atoms with van der Waals surface area (Å²) in [6.07, 6.45) is 5.38. The van der Waals surface area contributed by atoms with Gasteiger partial charge in [0.25, 0.3) is 0 Å². The van der Waals surface area contributed by atoms with Crippen molar-refractivity contribution >= 4 is 56.8 Å². The molecule has 5 nitrogen and oxygen atoms in total. The van der Waals surface area contributed by atoms with Crippen LogP contribution in [0.2, 0.25) is 5.02 Å². The van der Waals surface area contributed by atoms with Crippen LogP contribution in [0.4, 0.5) is 4.39 Å². The molecular weight excluding hydrogens is 546 g/mol. The zero-order valence-corrected chi connectivity index (χ0v) is 20.1. The molecule has 0 unspecified atom stereocenters. The number of aromatic nitrogens is 2. The van der Waals surface area contributed by atoms with Crippen molar-refractivity contribution in [3.63, 3.8) is 0 Å². The Labute approximate surface area is 203 Å². The number of rotatable bonds is 6. The number of hydrogen-bond acceptors (Lipinski definition) is 3. The van der Waals surface area contributed by atoms with Crippen molar-refractivity contribution in [1.82, 2.24) is 9.78 Å². The lowest BCUT2D eigenvalue weighted by atomic mass is 9.47. The zero-order valence-electron chi connectivity index (χ0n) is 17.2. The first-order chi connectivity index (χ1) is 15.2. The second-order valence-corrected chi connectivity index (χ2v) is 10.8. The van der Waals surface area contributed by atoms with E-state index in [4.69, 9.17) is 16.7 Å². The summed E-state index contributed by atoms with van der Waals surface area (Å²) < 4.78 is 16.3. The van der Waals surface area contributed by atoms with Gasteiger partial charge in [-0.1, -0.05) is 17.7 Å². The molecule has 2 fully saturated rings. The van der Waals surface area contributed by atoms with Crippen molar-refractivity contribution < 1.29 is 19.1 Å². The number of carbonyl (C=O) groups excluding carboxylic acids is 1. The Kier molecular flexibility index (Phi) is 5.52. The summed E-state index contributed by atoms with van der Waals surface area (Å²) in [5.74, 6) is -0.891. The van der Waals surface area contributed by atoms with E-state index in [2.05, 4.69) is 5.10 Å². The number of ketones is 1. The molecule has 32 heavy (non-hydrogen) atoms. The SMILES string of the molecule is O=C(CC1CC2(C1)CC(C(=O)O)C2)c1ccc(Cl)c2cnn(Cc3ccc(I)c(F)c3)c12. The third kappa shape index (κ3) is 3.83. The molecule has 2 aliphatic carbocycles. The van der Waals surface area contributed by atoms with E-state index in [0.717, 1.165) is 31.2 Å². The normalized spacial score (nSPS) is 24.3. The minimum absolute atomic E-state index is 0.0381.